The third kappa shape index (κ3) is 4.18. The van der Waals surface area contributed by atoms with Gasteiger partial charge in [-0.2, -0.15) is 13.2 Å². The van der Waals surface area contributed by atoms with Crippen LogP contribution >= 0.6 is 11.3 Å². The van der Waals surface area contributed by atoms with E-state index in [2.05, 4.69) is 15.3 Å². The molecule has 0 saturated heterocycles. The summed E-state index contributed by atoms with van der Waals surface area (Å²) in [7, 11) is 3.45. The number of hydrogen-bond donors (Lipinski definition) is 1. The molecule has 1 aromatic heterocycles. The first-order chi connectivity index (χ1) is 12.4. The molecule has 10 heteroatoms. The molecule has 2 heterocycles. The third-order valence-electron chi connectivity index (χ3n) is 3.67. The van der Waals surface area contributed by atoms with Crippen LogP contribution in [0, 0.1) is 0 Å². The minimum Gasteiger partial charge on any atom is -0.454 e. The van der Waals surface area contributed by atoms with Gasteiger partial charge in [-0.15, -0.1) is 11.3 Å². The molecule has 2 aromatic rings. The number of rotatable bonds is 4. The van der Waals surface area contributed by atoms with E-state index in [1.165, 1.54) is 0 Å². The zero-order chi connectivity index (χ0) is 18.7. The quantitative estimate of drug-likeness (QED) is 0.646. The van der Waals surface area contributed by atoms with Gasteiger partial charge in [0, 0.05) is 26.0 Å². The van der Waals surface area contributed by atoms with Crippen molar-refractivity contribution in [2.24, 2.45) is 4.99 Å². The Kier molecular flexibility index (Phi) is 5.21. The summed E-state index contributed by atoms with van der Waals surface area (Å²) in [6.07, 6.45) is -4.42. The lowest BCUT2D eigenvalue weighted by atomic mass is 10.2. The van der Waals surface area contributed by atoms with E-state index in [1.54, 1.807) is 7.05 Å². The molecule has 140 valence electrons. The maximum Gasteiger partial charge on any atom is 0.434 e. The number of benzene rings is 1. The van der Waals surface area contributed by atoms with E-state index < -0.39 is 11.9 Å². The predicted molar refractivity (Wildman–Crippen MR) is 91.3 cm³/mol. The summed E-state index contributed by atoms with van der Waals surface area (Å²) in [6.45, 7) is 0.923. The van der Waals surface area contributed by atoms with E-state index in [9.17, 15) is 13.2 Å². The minimum absolute atomic E-state index is 0.166. The van der Waals surface area contributed by atoms with E-state index in [4.69, 9.17) is 9.47 Å². The summed E-state index contributed by atoms with van der Waals surface area (Å²) >= 11 is 0.961. The standard InChI is InChI=1S/C16H17F3N4O2S/c1-20-15(21-6-14-22-13(8-26-14)16(17,18)19)23(2)7-10-3-4-11-12(5-10)25-9-24-11/h3-5,8H,6-7,9H2,1-2H3,(H,20,21). The van der Waals surface area contributed by atoms with Crippen LogP contribution in [0.15, 0.2) is 28.6 Å². The highest BCUT2D eigenvalue weighted by atomic mass is 32.1. The average Bonchev–Trinajstić information content (AvgIpc) is 3.23. The number of ether oxygens (including phenoxy) is 2. The van der Waals surface area contributed by atoms with Crippen LogP contribution in [0.1, 0.15) is 16.3 Å². The molecule has 0 radical (unpaired) electrons. The summed E-state index contributed by atoms with van der Waals surface area (Å²) in [4.78, 5) is 9.61. The van der Waals surface area contributed by atoms with Crippen LogP contribution in [-0.2, 0) is 19.3 Å². The van der Waals surface area contributed by atoms with Crippen molar-refractivity contribution in [2.45, 2.75) is 19.3 Å². The molecule has 1 N–H and O–H groups in total. The van der Waals surface area contributed by atoms with Gasteiger partial charge in [0.15, 0.2) is 23.2 Å². The van der Waals surface area contributed by atoms with Gasteiger partial charge in [-0.3, -0.25) is 4.99 Å². The van der Waals surface area contributed by atoms with Gasteiger partial charge in [-0.25, -0.2) is 4.98 Å². The van der Waals surface area contributed by atoms with Crippen LogP contribution in [0.25, 0.3) is 0 Å². The fourth-order valence-corrected chi connectivity index (χ4v) is 3.19. The van der Waals surface area contributed by atoms with Crippen LogP contribution in [0.2, 0.25) is 0 Å². The number of nitrogens with zero attached hydrogens (tertiary/aromatic N) is 3. The van der Waals surface area contributed by atoms with Gasteiger partial charge >= 0.3 is 6.18 Å². The Hall–Kier alpha value is -2.49. The van der Waals surface area contributed by atoms with E-state index in [0.29, 0.717) is 29.0 Å². The smallest absolute Gasteiger partial charge is 0.434 e. The molecule has 0 bridgehead atoms. The number of nitrogens with one attached hydrogen (secondary N) is 1. The molecule has 1 aliphatic heterocycles. The van der Waals surface area contributed by atoms with Crippen LogP contribution in [0.4, 0.5) is 13.2 Å². The number of thiazole rings is 1. The Morgan fingerprint density at radius 3 is 2.81 bits per heavy atom. The van der Waals surface area contributed by atoms with Crippen molar-refractivity contribution in [1.29, 1.82) is 0 Å². The average molecular weight is 386 g/mol. The molecule has 0 unspecified atom stereocenters. The largest absolute Gasteiger partial charge is 0.454 e. The van der Waals surface area contributed by atoms with Crippen molar-refractivity contribution in [3.8, 4) is 11.5 Å². The molecule has 26 heavy (non-hydrogen) atoms. The molecule has 3 rings (SSSR count). The molecule has 0 aliphatic carbocycles. The molecule has 6 nitrogen and oxygen atoms in total. The summed E-state index contributed by atoms with van der Waals surface area (Å²) in [5.41, 5.74) is 0.122. The van der Waals surface area contributed by atoms with Crippen molar-refractivity contribution < 1.29 is 22.6 Å². The van der Waals surface area contributed by atoms with Crippen molar-refractivity contribution >= 4 is 17.3 Å². The first-order valence-electron chi connectivity index (χ1n) is 7.68. The number of alkyl halides is 3. The van der Waals surface area contributed by atoms with Crippen molar-refractivity contribution in [2.75, 3.05) is 20.9 Å². The second kappa shape index (κ2) is 7.40. The molecule has 0 spiro atoms. The van der Waals surface area contributed by atoms with Gasteiger partial charge in [0.25, 0.3) is 0 Å². The summed E-state index contributed by atoms with van der Waals surface area (Å²) in [5.74, 6) is 1.95. The number of guanidine groups is 1. The molecule has 0 fully saturated rings. The fraction of sp³-hybridized carbons (Fsp3) is 0.375. The maximum atomic E-state index is 12.6. The van der Waals surface area contributed by atoms with E-state index >= 15 is 0 Å². The molecular weight excluding hydrogens is 369 g/mol. The van der Waals surface area contributed by atoms with Crippen LogP contribution in [-0.4, -0.2) is 36.7 Å². The second-order valence-corrected chi connectivity index (χ2v) is 6.51. The lowest BCUT2D eigenvalue weighted by Gasteiger charge is -2.22. The van der Waals surface area contributed by atoms with E-state index in [1.807, 2.05) is 30.1 Å². The van der Waals surface area contributed by atoms with Crippen molar-refractivity contribution in [3.63, 3.8) is 0 Å². The number of halogens is 3. The molecule has 1 aliphatic rings. The topological polar surface area (TPSA) is 59.0 Å². The Bertz CT molecular complexity index is 807. The monoisotopic (exact) mass is 386 g/mol. The van der Waals surface area contributed by atoms with Gasteiger partial charge in [0.2, 0.25) is 6.79 Å². The highest BCUT2D eigenvalue weighted by Crippen LogP contribution is 2.33. The first kappa shape index (κ1) is 18.3. The lowest BCUT2D eigenvalue weighted by Crippen LogP contribution is -2.38. The zero-order valence-electron chi connectivity index (χ0n) is 14.1. The minimum atomic E-state index is -4.42. The fourth-order valence-electron chi connectivity index (χ4n) is 2.45. The first-order valence-corrected chi connectivity index (χ1v) is 8.56. The van der Waals surface area contributed by atoms with Crippen molar-refractivity contribution in [3.05, 3.63) is 39.8 Å². The van der Waals surface area contributed by atoms with E-state index in [-0.39, 0.29) is 13.3 Å². The molecular formula is C16H17F3N4O2S. The zero-order valence-corrected chi connectivity index (χ0v) is 14.9. The second-order valence-electron chi connectivity index (χ2n) is 5.57. The van der Waals surface area contributed by atoms with Gasteiger partial charge < -0.3 is 19.7 Å². The van der Waals surface area contributed by atoms with Crippen LogP contribution < -0.4 is 14.8 Å². The highest BCUT2D eigenvalue weighted by molar-refractivity contribution is 7.09. The Balaban J connectivity index is 1.59. The maximum absolute atomic E-state index is 12.6. The number of fused-ring (bicyclic) bond motifs is 1. The Labute approximate surface area is 152 Å². The van der Waals surface area contributed by atoms with Crippen molar-refractivity contribution in [1.82, 2.24) is 15.2 Å². The van der Waals surface area contributed by atoms with Gasteiger partial charge in [0.1, 0.15) is 5.01 Å². The number of hydrogen-bond acceptors (Lipinski definition) is 5. The molecule has 0 saturated carbocycles. The summed E-state index contributed by atoms with van der Waals surface area (Å²) < 4.78 is 48.5. The Morgan fingerprint density at radius 2 is 2.12 bits per heavy atom. The molecule has 1 aromatic carbocycles. The highest BCUT2D eigenvalue weighted by Gasteiger charge is 2.33. The number of aromatic nitrogens is 1. The van der Waals surface area contributed by atoms with Gasteiger partial charge in [-0.05, 0) is 17.7 Å². The summed E-state index contributed by atoms with van der Waals surface area (Å²) in [6, 6.07) is 5.66. The Morgan fingerprint density at radius 1 is 1.35 bits per heavy atom. The molecule has 0 amide bonds. The SMILES string of the molecule is CN=C(NCc1nc(C(F)(F)F)cs1)N(C)Cc1ccc2c(c1)OCO2. The predicted octanol–water partition coefficient (Wildman–Crippen LogP) is 3.10. The van der Waals surface area contributed by atoms with Gasteiger partial charge in [0.05, 0.1) is 6.54 Å². The van der Waals surface area contributed by atoms with E-state index in [0.717, 1.165) is 22.3 Å². The normalized spacial score (nSPS) is 13.8. The van der Waals surface area contributed by atoms with Crippen LogP contribution in [0.3, 0.4) is 0 Å². The number of aliphatic imine (C=N–C) groups is 1. The lowest BCUT2D eigenvalue weighted by molar-refractivity contribution is -0.140. The molecule has 0 atom stereocenters. The van der Waals surface area contributed by atoms with Crippen LogP contribution in [0.5, 0.6) is 11.5 Å². The third-order valence-corrected chi connectivity index (χ3v) is 4.52. The summed E-state index contributed by atoms with van der Waals surface area (Å²) in [5, 5.41) is 4.38. The van der Waals surface area contributed by atoms with Gasteiger partial charge in [-0.1, -0.05) is 6.07 Å².